The molecule has 1 aromatic carbocycles. The predicted octanol–water partition coefficient (Wildman–Crippen LogP) is 2.94. The molecule has 0 bridgehead atoms. The Hall–Kier alpha value is -1.56. The molecular weight excluding hydrogens is 318 g/mol. The Labute approximate surface area is 139 Å². The SMILES string of the molecule is Nc1cccc(C(=O)N2CCN(Cc3ccc(Cl)s3)CC2)c1. The molecule has 2 heterocycles. The van der Waals surface area contributed by atoms with Crippen molar-refractivity contribution in [1.29, 1.82) is 0 Å². The van der Waals surface area contributed by atoms with Crippen molar-refractivity contribution in [2.24, 2.45) is 0 Å². The number of amides is 1. The fourth-order valence-electron chi connectivity index (χ4n) is 2.62. The quantitative estimate of drug-likeness (QED) is 0.877. The molecule has 1 saturated heterocycles. The molecule has 3 rings (SSSR count). The second-order valence-corrected chi connectivity index (χ2v) is 7.20. The minimum absolute atomic E-state index is 0.0612. The van der Waals surface area contributed by atoms with E-state index in [0.717, 1.165) is 37.1 Å². The zero-order valence-corrected chi connectivity index (χ0v) is 13.7. The zero-order chi connectivity index (χ0) is 15.5. The molecule has 0 spiro atoms. The average Bonchev–Trinajstić information content (AvgIpc) is 2.92. The molecule has 2 N–H and O–H groups in total. The molecule has 1 aliphatic heterocycles. The third-order valence-electron chi connectivity index (χ3n) is 3.80. The standard InChI is InChI=1S/C16H18ClN3OS/c17-15-5-4-14(22-15)11-19-6-8-20(9-7-19)16(21)12-2-1-3-13(18)10-12/h1-5,10H,6-9,11,18H2. The normalized spacial score (nSPS) is 16.0. The monoisotopic (exact) mass is 335 g/mol. The highest BCUT2D eigenvalue weighted by Crippen LogP contribution is 2.23. The van der Waals surface area contributed by atoms with Crippen LogP contribution in [0.5, 0.6) is 0 Å². The Morgan fingerprint density at radius 1 is 1.18 bits per heavy atom. The molecule has 0 radical (unpaired) electrons. The highest BCUT2D eigenvalue weighted by molar-refractivity contribution is 7.16. The Morgan fingerprint density at radius 2 is 1.95 bits per heavy atom. The number of piperazine rings is 1. The van der Waals surface area contributed by atoms with Crippen LogP contribution in [0, 0.1) is 0 Å². The summed E-state index contributed by atoms with van der Waals surface area (Å²) >= 11 is 7.58. The van der Waals surface area contributed by atoms with Crippen LogP contribution in [0.3, 0.4) is 0 Å². The highest BCUT2D eigenvalue weighted by Gasteiger charge is 2.22. The van der Waals surface area contributed by atoms with E-state index in [0.29, 0.717) is 11.3 Å². The van der Waals surface area contributed by atoms with E-state index in [2.05, 4.69) is 11.0 Å². The summed E-state index contributed by atoms with van der Waals surface area (Å²) in [4.78, 5) is 18.0. The van der Waals surface area contributed by atoms with Crippen LogP contribution in [-0.2, 0) is 6.54 Å². The van der Waals surface area contributed by atoms with Gasteiger partial charge in [0, 0.05) is 48.9 Å². The van der Waals surface area contributed by atoms with E-state index in [1.54, 1.807) is 23.5 Å². The van der Waals surface area contributed by atoms with E-state index in [-0.39, 0.29) is 5.91 Å². The minimum atomic E-state index is 0.0612. The number of benzene rings is 1. The number of nitrogen functional groups attached to an aromatic ring is 1. The maximum atomic E-state index is 12.5. The summed E-state index contributed by atoms with van der Waals surface area (Å²) in [6, 6.07) is 11.2. The Morgan fingerprint density at radius 3 is 2.59 bits per heavy atom. The van der Waals surface area contributed by atoms with Gasteiger partial charge in [-0.05, 0) is 30.3 Å². The van der Waals surface area contributed by atoms with Gasteiger partial charge < -0.3 is 10.6 Å². The molecule has 4 nitrogen and oxygen atoms in total. The molecular formula is C16H18ClN3OS. The number of hydrogen-bond acceptors (Lipinski definition) is 4. The molecule has 116 valence electrons. The highest BCUT2D eigenvalue weighted by atomic mass is 35.5. The van der Waals surface area contributed by atoms with Gasteiger partial charge >= 0.3 is 0 Å². The Kier molecular flexibility index (Phi) is 4.66. The lowest BCUT2D eigenvalue weighted by molar-refractivity contribution is 0.0629. The molecule has 0 saturated carbocycles. The summed E-state index contributed by atoms with van der Waals surface area (Å²) in [7, 11) is 0. The van der Waals surface area contributed by atoms with Crippen molar-refractivity contribution in [3.8, 4) is 0 Å². The van der Waals surface area contributed by atoms with Gasteiger partial charge in [-0.3, -0.25) is 9.69 Å². The smallest absolute Gasteiger partial charge is 0.254 e. The van der Waals surface area contributed by atoms with Crippen molar-refractivity contribution in [2.75, 3.05) is 31.9 Å². The van der Waals surface area contributed by atoms with Crippen LogP contribution in [0.15, 0.2) is 36.4 Å². The van der Waals surface area contributed by atoms with Crippen molar-refractivity contribution >= 4 is 34.5 Å². The van der Waals surface area contributed by atoms with Crippen LogP contribution in [0.25, 0.3) is 0 Å². The van der Waals surface area contributed by atoms with Crippen LogP contribution in [-0.4, -0.2) is 41.9 Å². The lowest BCUT2D eigenvalue weighted by Gasteiger charge is -2.34. The number of nitrogens with two attached hydrogens (primary N) is 1. The first-order valence-corrected chi connectivity index (χ1v) is 8.42. The summed E-state index contributed by atoms with van der Waals surface area (Å²) in [5.41, 5.74) is 7.04. The maximum Gasteiger partial charge on any atom is 0.254 e. The van der Waals surface area contributed by atoms with Crippen molar-refractivity contribution < 1.29 is 4.79 Å². The third-order valence-corrected chi connectivity index (χ3v) is 5.02. The number of rotatable bonds is 3. The fraction of sp³-hybridized carbons (Fsp3) is 0.312. The van der Waals surface area contributed by atoms with Crippen molar-refractivity contribution in [3.05, 3.63) is 51.2 Å². The van der Waals surface area contributed by atoms with Crippen LogP contribution in [0.2, 0.25) is 4.34 Å². The van der Waals surface area contributed by atoms with E-state index in [9.17, 15) is 4.79 Å². The molecule has 0 aliphatic carbocycles. The van der Waals surface area contributed by atoms with E-state index < -0.39 is 0 Å². The fourth-order valence-corrected chi connectivity index (χ4v) is 3.75. The van der Waals surface area contributed by atoms with Crippen molar-refractivity contribution in [1.82, 2.24) is 9.80 Å². The molecule has 0 unspecified atom stereocenters. The lowest BCUT2D eigenvalue weighted by Crippen LogP contribution is -2.48. The maximum absolute atomic E-state index is 12.5. The first-order chi connectivity index (χ1) is 10.6. The summed E-state index contributed by atoms with van der Waals surface area (Å²) in [6.45, 7) is 4.14. The van der Waals surface area contributed by atoms with Gasteiger partial charge in [-0.1, -0.05) is 17.7 Å². The summed E-state index contributed by atoms with van der Waals surface area (Å²) in [5.74, 6) is 0.0612. The number of halogens is 1. The lowest BCUT2D eigenvalue weighted by atomic mass is 10.1. The van der Waals surface area contributed by atoms with Crippen molar-refractivity contribution in [3.63, 3.8) is 0 Å². The zero-order valence-electron chi connectivity index (χ0n) is 12.2. The molecule has 0 atom stereocenters. The minimum Gasteiger partial charge on any atom is -0.399 e. The largest absolute Gasteiger partial charge is 0.399 e. The van der Waals surface area contributed by atoms with E-state index >= 15 is 0 Å². The number of hydrogen-bond donors (Lipinski definition) is 1. The molecule has 1 amide bonds. The Bertz CT molecular complexity index is 665. The van der Waals surface area contributed by atoms with Crippen molar-refractivity contribution in [2.45, 2.75) is 6.54 Å². The molecule has 1 aliphatic rings. The van der Waals surface area contributed by atoms with Gasteiger partial charge in [0.1, 0.15) is 0 Å². The van der Waals surface area contributed by atoms with Crippen LogP contribution in [0.1, 0.15) is 15.2 Å². The van der Waals surface area contributed by atoms with Crippen LogP contribution < -0.4 is 5.73 Å². The Balaban J connectivity index is 1.56. The van der Waals surface area contributed by atoms with Gasteiger partial charge in [0.05, 0.1) is 4.34 Å². The number of nitrogens with zero attached hydrogens (tertiary/aromatic N) is 2. The number of anilines is 1. The summed E-state index contributed by atoms with van der Waals surface area (Å²) in [6.07, 6.45) is 0. The molecule has 6 heteroatoms. The van der Waals surface area contributed by atoms with Gasteiger partial charge in [0.2, 0.25) is 0 Å². The summed E-state index contributed by atoms with van der Waals surface area (Å²) in [5, 5.41) is 0. The van der Waals surface area contributed by atoms with Crippen LogP contribution >= 0.6 is 22.9 Å². The van der Waals surface area contributed by atoms with Crippen LogP contribution in [0.4, 0.5) is 5.69 Å². The molecule has 22 heavy (non-hydrogen) atoms. The molecule has 1 aromatic heterocycles. The number of carbonyl (C=O) groups excluding carboxylic acids is 1. The van der Waals surface area contributed by atoms with Gasteiger partial charge in [0.25, 0.3) is 5.91 Å². The third kappa shape index (κ3) is 3.61. The van der Waals surface area contributed by atoms with Gasteiger partial charge in [-0.2, -0.15) is 0 Å². The predicted molar refractivity (Wildman–Crippen MR) is 91.4 cm³/mol. The van der Waals surface area contributed by atoms with Gasteiger partial charge in [0.15, 0.2) is 0 Å². The second kappa shape index (κ2) is 6.69. The van der Waals surface area contributed by atoms with Gasteiger partial charge in [-0.15, -0.1) is 11.3 Å². The van der Waals surface area contributed by atoms with Gasteiger partial charge in [-0.25, -0.2) is 0 Å². The molecule has 2 aromatic rings. The first-order valence-electron chi connectivity index (χ1n) is 7.23. The topological polar surface area (TPSA) is 49.6 Å². The first kappa shape index (κ1) is 15.3. The average molecular weight is 336 g/mol. The molecule has 1 fully saturated rings. The second-order valence-electron chi connectivity index (χ2n) is 5.40. The van der Waals surface area contributed by atoms with E-state index in [1.807, 2.05) is 23.1 Å². The number of thiophene rings is 1. The van der Waals surface area contributed by atoms with E-state index in [4.69, 9.17) is 17.3 Å². The van der Waals surface area contributed by atoms with E-state index in [1.165, 1.54) is 4.88 Å². The summed E-state index contributed by atoms with van der Waals surface area (Å²) < 4.78 is 0.825. The number of carbonyl (C=O) groups is 1.